The summed E-state index contributed by atoms with van der Waals surface area (Å²) in [6, 6.07) is 7.20. The maximum absolute atomic E-state index is 11.8. The summed E-state index contributed by atoms with van der Waals surface area (Å²) >= 11 is 4.84. The molecule has 2 aliphatic rings. The van der Waals surface area contributed by atoms with Gasteiger partial charge in [0.05, 0.1) is 5.57 Å². The van der Waals surface area contributed by atoms with E-state index in [1.54, 1.807) is 12.1 Å². The third kappa shape index (κ3) is 1.42. The third-order valence-electron chi connectivity index (χ3n) is 2.61. The molecule has 0 aromatic heterocycles. The lowest BCUT2D eigenvalue weighted by Gasteiger charge is -2.00. The quantitative estimate of drug-likeness (QED) is 0.456. The van der Waals surface area contributed by atoms with Gasteiger partial charge < -0.3 is 10.6 Å². The van der Waals surface area contributed by atoms with Gasteiger partial charge in [-0.1, -0.05) is 18.2 Å². The normalized spacial score (nSPS) is 22.0. The Balaban J connectivity index is 2.22. The van der Waals surface area contributed by atoms with E-state index in [2.05, 4.69) is 16.0 Å². The van der Waals surface area contributed by atoms with E-state index in [-0.39, 0.29) is 22.6 Å². The average molecular weight is 245 g/mol. The van der Waals surface area contributed by atoms with E-state index < -0.39 is 0 Å². The molecule has 1 aromatic rings. The van der Waals surface area contributed by atoms with Crippen molar-refractivity contribution < 1.29 is 9.59 Å². The first kappa shape index (κ1) is 9.98. The number of hydrogen-bond acceptors (Lipinski definition) is 3. The molecule has 0 spiro atoms. The van der Waals surface area contributed by atoms with E-state index >= 15 is 0 Å². The van der Waals surface area contributed by atoms with Crippen molar-refractivity contribution in [1.82, 2.24) is 10.6 Å². The van der Waals surface area contributed by atoms with Crippen molar-refractivity contribution >= 4 is 40.4 Å². The van der Waals surface area contributed by atoms with Crippen LogP contribution in [0.15, 0.2) is 30.0 Å². The number of carbonyl (C=O) groups is 2. The Hall–Kier alpha value is -2.21. The maximum atomic E-state index is 11.8. The van der Waals surface area contributed by atoms with Gasteiger partial charge in [0, 0.05) is 11.3 Å². The van der Waals surface area contributed by atoms with Crippen molar-refractivity contribution in [3.8, 4) is 0 Å². The van der Waals surface area contributed by atoms with Gasteiger partial charge in [0.1, 0.15) is 5.70 Å². The molecule has 3 N–H and O–H groups in total. The van der Waals surface area contributed by atoms with Gasteiger partial charge in [-0.25, -0.2) is 0 Å². The van der Waals surface area contributed by atoms with Gasteiger partial charge in [-0.2, -0.15) is 0 Å². The molecule has 1 aromatic carbocycles. The summed E-state index contributed by atoms with van der Waals surface area (Å²) in [6.07, 6.45) is 0. The Kier molecular flexibility index (Phi) is 1.99. The lowest BCUT2D eigenvalue weighted by molar-refractivity contribution is -0.116. The molecule has 17 heavy (non-hydrogen) atoms. The number of carbonyl (C=O) groups excluding carboxylic acids is 2. The Morgan fingerprint density at radius 3 is 2.41 bits per heavy atom. The van der Waals surface area contributed by atoms with E-state index in [0.29, 0.717) is 16.8 Å². The number of para-hydroxylation sites is 1. The third-order valence-corrected chi connectivity index (χ3v) is 2.82. The molecule has 2 aliphatic heterocycles. The zero-order chi connectivity index (χ0) is 12.0. The minimum Gasteiger partial charge on any atom is -0.327 e. The summed E-state index contributed by atoms with van der Waals surface area (Å²) < 4.78 is 0. The molecule has 1 saturated heterocycles. The SMILES string of the molecule is O=C1NC(=S)N/C1=C1/C(=O)Nc2ccccc21. The highest BCUT2D eigenvalue weighted by molar-refractivity contribution is 7.80. The van der Waals surface area contributed by atoms with Gasteiger partial charge in [0.2, 0.25) is 0 Å². The van der Waals surface area contributed by atoms with Crippen LogP contribution in [-0.2, 0) is 9.59 Å². The van der Waals surface area contributed by atoms with Crippen molar-refractivity contribution in [2.45, 2.75) is 0 Å². The monoisotopic (exact) mass is 245 g/mol. The van der Waals surface area contributed by atoms with E-state index in [1.807, 2.05) is 12.1 Å². The highest BCUT2D eigenvalue weighted by Crippen LogP contribution is 2.33. The Morgan fingerprint density at radius 2 is 1.71 bits per heavy atom. The number of benzene rings is 1. The van der Waals surface area contributed by atoms with Crippen LogP contribution in [0.1, 0.15) is 5.56 Å². The predicted octanol–water partition coefficient (Wildman–Crippen LogP) is 0.354. The Labute approximate surface area is 102 Å². The van der Waals surface area contributed by atoms with Crippen LogP contribution in [0.25, 0.3) is 5.57 Å². The van der Waals surface area contributed by atoms with Crippen molar-refractivity contribution in [2.24, 2.45) is 0 Å². The second-order valence-corrected chi connectivity index (χ2v) is 4.07. The van der Waals surface area contributed by atoms with E-state index in [0.717, 1.165) is 0 Å². The molecule has 2 heterocycles. The molecule has 0 radical (unpaired) electrons. The maximum Gasteiger partial charge on any atom is 0.274 e. The van der Waals surface area contributed by atoms with Crippen LogP contribution in [0.3, 0.4) is 0 Å². The standard InChI is InChI=1S/C11H7N3O2S/c15-9-7(8-10(16)14-11(17)13-8)5-3-1-2-4-6(5)12-9/h1-4H,(H,12,15)(H2,13,14,16,17)/b8-7+. The lowest BCUT2D eigenvalue weighted by Crippen LogP contribution is -2.21. The van der Waals surface area contributed by atoms with Crippen LogP contribution >= 0.6 is 12.2 Å². The molecule has 1 fully saturated rings. The first-order chi connectivity index (χ1) is 8.16. The van der Waals surface area contributed by atoms with Gasteiger partial charge in [-0.3, -0.25) is 14.9 Å². The first-order valence-electron chi connectivity index (χ1n) is 4.94. The first-order valence-corrected chi connectivity index (χ1v) is 5.35. The smallest absolute Gasteiger partial charge is 0.274 e. The number of nitrogens with one attached hydrogen (secondary N) is 3. The second-order valence-electron chi connectivity index (χ2n) is 3.66. The molecule has 84 valence electrons. The van der Waals surface area contributed by atoms with Crippen LogP contribution in [0.5, 0.6) is 0 Å². The minimum atomic E-state index is -0.378. The van der Waals surface area contributed by atoms with E-state index in [1.165, 1.54) is 0 Å². The van der Waals surface area contributed by atoms with Gasteiger partial charge in [0.25, 0.3) is 11.8 Å². The summed E-state index contributed by atoms with van der Waals surface area (Å²) in [6.45, 7) is 0. The highest BCUT2D eigenvalue weighted by atomic mass is 32.1. The van der Waals surface area contributed by atoms with Crippen molar-refractivity contribution in [3.05, 3.63) is 35.5 Å². The van der Waals surface area contributed by atoms with Crippen molar-refractivity contribution in [1.29, 1.82) is 0 Å². The summed E-state index contributed by atoms with van der Waals surface area (Å²) in [5.74, 6) is -0.676. The average Bonchev–Trinajstić information content (AvgIpc) is 2.77. The zero-order valence-corrected chi connectivity index (χ0v) is 9.35. The summed E-state index contributed by atoms with van der Waals surface area (Å²) in [5.41, 5.74) is 1.95. The fourth-order valence-corrected chi connectivity index (χ4v) is 2.10. The fraction of sp³-hybridized carbons (Fsp3) is 0. The number of hydrogen-bond donors (Lipinski definition) is 3. The summed E-state index contributed by atoms with van der Waals surface area (Å²) in [4.78, 5) is 23.5. The number of fused-ring (bicyclic) bond motifs is 1. The second kappa shape index (κ2) is 3.39. The predicted molar refractivity (Wildman–Crippen MR) is 65.9 cm³/mol. The molecule has 5 nitrogen and oxygen atoms in total. The topological polar surface area (TPSA) is 70.2 Å². The number of thiocarbonyl (C=S) groups is 1. The fourth-order valence-electron chi connectivity index (χ4n) is 1.91. The van der Waals surface area contributed by atoms with Crippen LogP contribution in [0, 0.1) is 0 Å². The van der Waals surface area contributed by atoms with Crippen LogP contribution < -0.4 is 16.0 Å². The number of amides is 2. The lowest BCUT2D eigenvalue weighted by atomic mass is 10.1. The molecular formula is C11H7N3O2S. The molecule has 6 heteroatoms. The highest BCUT2D eigenvalue weighted by Gasteiger charge is 2.33. The Bertz CT molecular complexity index is 606. The summed E-state index contributed by atoms with van der Waals surface area (Å²) in [7, 11) is 0. The van der Waals surface area contributed by atoms with Crippen molar-refractivity contribution in [2.75, 3.05) is 5.32 Å². The van der Waals surface area contributed by atoms with Gasteiger partial charge in [-0.05, 0) is 18.3 Å². The minimum absolute atomic E-state index is 0.206. The molecule has 3 rings (SSSR count). The molecule has 2 amide bonds. The van der Waals surface area contributed by atoms with Crippen LogP contribution in [0.4, 0.5) is 5.69 Å². The van der Waals surface area contributed by atoms with Crippen LogP contribution in [-0.4, -0.2) is 16.9 Å². The number of rotatable bonds is 0. The van der Waals surface area contributed by atoms with Gasteiger partial charge >= 0.3 is 0 Å². The zero-order valence-electron chi connectivity index (χ0n) is 8.53. The van der Waals surface area contributed by atoms with Crippen LogP contribution in [0.2, 0.25) is 0 Å². The Morgan fingerprint density at radius 1 is 0.941 bits per heavy atom. The molecule has 0 saturated carbocycles. The molecule has 0 unspecified atom stereocenters. The molecule has 0 aliphatic carbocycles. The molecule has 0 bridgehead atoms. The van der Waals surface area contributed by atoms with Gasteiger partial charge in [0.15, 0.2) is 5.11 Å². The summed E-state index contributed by atoms with van der Waals surface area (Å²) in [5, 5.41) is 8.06. The van der Waals surface area contributed by atoms with E-state index in [9.17, 15) is 9.59 Å². The van der Waals surface area contributed by atoms with Crippen molar-refractivity contribution in [3.63, 3.8) is 0 Å². The van der Waals surface area contributed by atoms with Gasteiger partial charge in [-0.15, -0.1) is 0 Å². The molecular weight excluding hydrogens is 238 g/mol. The molecule has 0 atom stereocenters. The van der Waals surface area contributed by atoms with E-state index in [4.69, 9.17) is 12.2 Å². The largest absolute Gasteiger partial charge is 0.327 e. The number of anilines is 1.